The number of likely N-dealkylation sites (tertiary alicyclic amines) is 1. The van der Waals surface area contributed by atoms with Crippen molar-refractivity contribution < 1.29 is 19.1 Å². The Morgan fingerprint density at radius 1 is 1.16 bits per heavy atom. The van der Waals surface area contributed by atoms with Crippen molar-refractivity contribution in [3.63, 3.8) is 0 Å². The Balaban J connectivity index is 1.39. The van der Waals surface area contributed by atoms with E-state index in [1.807, 2.05) is 0 Å². The Hall–Kier alpha value is -5.37. The van der Waals surface area contributed by atoms with Gasteiger partial charge in [-0.05, 0) is 70.8 Å². The van der Waals surface area contributed by atoms with Crippen LogP contribution in [0.15, 0.2) is 65.7 Å². The van der Waals surface area contributed by atoms with Gasteiger partial charge in [0.2, 0.25) is 11.8 Å². The van der Waals surface area contributed by atoms with Gasteiger partial charge in [0.1, 0.15) is 6.33 Å². The summed E-state index contributed by atoms with van der Waals surface area (Å²) in [4.78, 5) is 51.0. The predicted molar refractivity (Wildman–Crippen MR) is 161 cm³/mol. The third kappa shape index (κ3) is 7.15. The molecule has 5 rings (SSSR count). The van der Waals surface area contributed by atoms with Crippen LogP contribution in [-0.2, 0) is 14.3 Å². The van der Waals surface area contributed by atoms with Gasteiger partial charge in [-0.15, -0.1) is 5.10 Å². The molecular formula is C29H28ClN9O5. The molecule has 1 aliphatic rings. The van der Waals surface area contributed by atoms with Crippen LogP contribution in [0.3, 0.4) is 0 Å². The molecule has 3 N–H and O–H groups in total. The first-order valence-corrected chi connectivity index (χ1v) is 13.9. The lowest BCUT2D eigenvalue weighted by Crippen LogP contribution is -2.50. The van der Waals surface area contributed by atoms with Crippen LogP contribution in [0.4, 0.5) is 10.5 Å². The molecule has 15 heteroatoms. The molecule has 3 heterocycles. The van der Waals surface area contributed by atoms with E-state index in [-0.39, 0.29) is 11.8 Å². The molecule has 0 spiro atoms. The van der Waals surface area contributed by atoms with Gasteiger partial charge in [0.25, 0.3) is 5.56 Å². The first kappa shape index (κ1) is 30.1. The van der Waals surface area contributed by atoms with Crippen LogP contribution in [0.2, 0.25) is 5.02 Å². The molecule has 4 aromatic rings. The summed E-state index contributed by atoms with van der Waals surface area (Å²) < 4.78 is 6.06. The first-order valence-electron chi connectivity index (χ1n) is 13.5. The summed E-state index contributed by atoms with van der Waals surface area (Å²) in [6.45, 7) is 2.63. The second kappa shape index (κ2) is 13.3. The van der Waals surface area contributed by atoms with Crippen LogP contribution in [0.25, 0.3) is 22.9 Å². The van der Waals surface area contributed by atoms with Crippen LogP contribution >= 0.6 is 11.6 Å². The van der Waals surface area contributed by atoms with E-state index in [9.17, 15) is 19.2 Å². The maximum absolute atomic E-state index is 13.2. The number of nitrogens with one attached hydrogen (secondary N) is 3. The Morgan fingerprint density at radius 2 is 1.93 bits per heavy atom. The average Bonchev–Trinajstić information content (AvgIpc) is 3.52. The highest BCUT2D eigenvalue weighted by atomic mass is 35.5. The summed E-state index contributed by atoms with van der Waals surface area (Å²) >= 11 is 6.20. The number of hydrogen-bond acceptors (Lipinski definition) is 9. The Bertz CT molecular complexity index is 1750. The number of ether oxygens (including phenoxy) is 1. The molecule has 1 saturated heterocycles. The van der Waals surface area contributed by atoms with Gasteiger partial charge in [-0.1, -0.05) is 23.7 Å². The summed E-state index contributed by atoms with van der Waals surface area (Å²) in [5.74, 6) is -0.305. The number of tetrazole rings is 1. The van der Waals surface area contributed by atoms with E-state index >= 15 is 0 Å². The van der Waals surface area contributed by atoms with Crippen molar-refractivity contribution in [3.05, 3.63) is 87.6 Å². The minimum Gasteiger partial charge on any atom is -0.453 e. The molecule has 226 valence electrons. The number of nitrogens with zero attached hydrogens (tertiary/aromatic N) is 6. The lowest BCUT2D eigenvalue weighted by molar-refractivity contribution is -0.135. The molecular weight excluding hydrogens is 590 g/mol. The smallest absolute Gasteiger partial charge is 0.411 e. The fourth-order valence-electron chi connectivity index (χ4n) is 4.80. The van der Waals surface area contributed by atoms with Crippen LogP contribution in [0.1, 0.15) is 30.6 Å². The Morgan fingerprint density at radius 3 is 2.61 bits per heavy atom. The third-order valence-corrected chi connectivity index (χ3v) is 7.33. The Kier molecular flexibility index (Phi) is 9.09. The normalized spacial score (nSPS) is 13.8. The third-order valence-electron chi connectivity index (χ3n) is 7.10. The Labute approximate surface area is 256 Å². The average molecular weight is 618 g/mol. The molecule has 1 fully saturated rings. The second-order valence-electron chi connectivity index (χ2n) is 10.1. The molecule has 14 nitrogen and oxygen atoms in total. The zero-order chi connectivity index (χ0) is 31.2. The van der Waals surface area contributed by atoms with E-state index < -0.39 is 23.6 Å². The zero-order valence-electron chi connectivity index (χ0n) is 23.7. The van der Waals surface area contributed by atoms with Gasteiger partial charge in [0.15, 0.2) is 0 Å². The molecule has 0 aliphatic carbocycles. The van der Waals surface area contributed by atoms with E-state index in [0.717, 1.165) is 0 Å². The van der Waals surface area contributed by atoms with Crippen LogP contribution < -0.4 is 16.2 Å². The highest BCUT2D eigenvalue weighted by Gasteiger charge is 2.32. The number of carbonyl (C=O) groups excluding carboxylic acids is 3. The van der Waals surface area contributed by atoms with Gasteiger partial charge in [0.05, 0.1) is 30.1 Å². The number of H-pyrrole nitrogens is 1. The van der Waals surface area contributed by atoms with E-state index in [1.165, 1.54) is 31.1 Å². The van der Waals surface area contributed by atoms with Gasteiger partial charge in [-0.2, -0.15) is 9.78 Å². The van der Waals surface area contributed by atoms with Crippen LogP contribution in [0.5, 0.6) is 0 Å². The lowest BCUT2D eigenvalue weighted by Gasteiger charge is -2.40. The topological polar surface area (TPSA) is 177 Å². The van der Waals surface area contributed by atoms with Gasteiger partial charge < -0.3 is 15.0 Å². The molecule has 3 amide bonds. The van der Waals surface area contributed by atoms with Crippen molar-refractivity contribution in [2.24, 2.45) is 5.92 Å². The van der Waals surface area contributed by atoms with Crippen molar-refractivity contribution in [2.75, 3.05) is 25.5 Å². The fraction of sp³-hybridized carbons (Fsp3) is 0.241. The number of hydrogen-bond donors (Lipinski definition) is 3. The number of benzene rings is 2. The van der Waals surface area contributed by atoms with Gasteiger partial charge in [-0.3, -0.25) is 19.7 Å². The fourth-order valence-corrected chi connectivity index (χ4v) is 4.98. The standard InChI is InChI=1S/C29H28ClN9O5/c1-17(40)38-14-18(15-38)11-24(33-27(41)10-5-20-12-21(30)6-9-26(20)39-16-31-36-37-39)25-13-23(28(42)35-34-25)19-3-7-22(8-4-19)32-29(43)44-2/h3-10,12-13,16,18,24H,11,14-15H2,1-2H3,(H,32,43)(H,33,41)(H,35,42)/b10-5+. The molecule has 1 aliphatic heterocycles. The SMILES string of the molecule is COC(=O)Nc1ccc(-c2cc(C(CC3CN(C(C)=O)C3)NC(=O)/C=C/c3cc(Cl)ccc3-n3cnnn3)n[nH]c2=O)cc1. The first-order chi connectivity index (χ1) is 21.2. The molecule has 44 heavy (non-hydrogen) atoms. The van der Waals surface area contributed by atoms with Crippen LogP contribution in [-0.4, -0.2) is 73.4 Å². The molecule has 0 saturated carbocycles. The summed E-state index contributed by atoms with van der Waals surface area (Å²) in [6.07, 6.45) is 4.27. The summed E-state index contributed by atoms with van der Waals surface area (Å²) in [5, 5.41) is 24.0. The molecule has 2 aromatic heterocycles. The quantitative estimate of drug-likeness (QED) is 0.238. The number of anilines is 1. The molecule has 2 aromatic carbocycles. The number of methoxy groups -OCH3 is 1. The summed E-state index contributed by atoms with van der Waals surface area (Å²) in [6, 6.07) is 12.8. The number of halogens is 1. The minimum absolute atomic E-state index is 0.0146. The molecule has 0 radical (unpaired) electrons. The van der Waals surface area contributed by atoms with Gasteiger partial charge >= 0.3 is 6.09 Å². The summed E-state index contributed by atoms with van der Waals surface area (Å²) in [5.41, 5.74) is 2.66. The number of aromatic amines is 1. The summed E-state index contributed by atoms with van der Waals surface area (Å²) in [7, 11) is 1.26. The number of aromatic nitrogens is 6. The monoisotopic (exact) mass is 617 g/mol. The highest BCUT2D eigenvalue weighted by molar-refractivity contribution is 6.30. The number of rotatable bonds is 9. The molecule has 0 bridgehead atoms. The second-order valence-corrected chi connectivity index (χ2v) is 10.5. The maximum atomic E-state index is 13.2. The lowest BCUT2D eigenvalue weighted by atomic mass is 9.90. The van der Waals surface area contributed by atoms with Crippen molar-refractivity contribution >= 4 is 41.3 Å². The maximum Gasteiger partial charge on any atom is 0.411 e. The van der Waals surface area contributed by atoms with E-state index in [2.05, 4.69) is 41.1 Å². The van der Waals surface area contributed by atoms with Crippen LogP contribution in [0, 0.1) is 5.92 Å². The van der Waals surface area contributed by atoms with E-state index in [0.29, 0.717) is 58.3 Å². The number of carbonyl (C=O) groups is 3. The van der Waals surface area contributed by atoms with Crippen molar-refractivity contribution in [3.8, 4) is 16.8 Å². The molecule has 1 unspecified atom stereocenters. The van der Waals surface area contributed by atoms with Crippen molar-refractivity contribution in [2.45, 2.75) is 19.4 Å². The van der Waals surface area contributed by atoms with Crippen molar-refractivity contribution in [1.29, 1.82) is 0 Å². The predicted octanol–water partition coefficient (Wildman–Crippen LogP) is 2.98. The largest absolute Gasteiger partial charge is 0.453 e. The van der Waals surface area contributed by atoms with Crippen molar-refractivity contribution in [1.82, 2.24) is 40.6 Å². The van der Waals surface area contributed by atoms with E-state index in [1.54, 1.807) is 59.5 Å². The zero-order valence-corrected chi connectivity index (χ0v) is 24.5. The minimum atomic E-state index is -0.615. The number of amides is 3. The molecule has 1 atom stereocenters. The van der Waals surface area contributed by atoms with E-state index in [4.69, 9.17) is 11.6 Å². The van der Waals surface area contributed by atoms with Gasteiger partial charge in [-0.25, -0.2) is 9.89 Å². The highest BCUT2D eigenvalue weighted by Crippen LogP contribution is 2.29. The van der Waals surface area contributed by atoms with Gasteiger partial charge in [0, 0.05) is 42.4 Å².